The summed E-state index contributed by atoms with van der Waals surface area (Å²) in [5.74, 6) is 1.95. The third kappa shape index (κ3) is 5.94. The number of methoxy groups -OCH3 is 1. The van der Waals surface area contributed by atoms with Gasteiger partial charge in [-0.25, -0.2) is 0 Å². The second-order valence-corrected chi connectivity index (χ2v) is 8.21. The average Bonchev–Trinajstić information content (AvgIpc) is 3.35. The summed E-state index contributed by atoms with van der Waals surface area (Å²) in [5, 5.41) is 7.23. The van der Waals surface area contributed by atoms with Crippen molar-refractivity contribution >= 4 is 11.9 Å². The number of rotatable bonds is 9. The molecule has 2 aromatic rings. The first-order valence-electron chi connectivity index (χ1n) is 11.7. The molecule has 1 amide bonds. The van der Waals surface area contributed by atoms with Gasteiger partial charge in [-0.2, -0.15) is 4.98 Å². The van der Waals surface area contributed by atoms with E-state index in [1.165, 1.54) is 0 Å². The molecule has 1 N–H and O–H groups in total. The SMILES string of the molecule is CCOc1ccc(-c2noc(N3CCC(C(=O)NCCN4CCOCC4)CC3)n2)cc1OC. The Bertz CT molecular complexity index is 906. The first-order valence-corrected chi connectivity index (χ1v) is 11.7. The molecule has 0 aliphatic carbocycles. The minimum absolute atomic E-state index is 0.0173. The van der Waals surface area contributed by atoms with Crippen molar-refractivity contribution in [1.29, 1.82) is 0 Å². The first-order chi connectivity index (χ1) is 16.2. The van der Waals surface area contributed by atoms with Crippen molar-refractivity contribution in [1.82, 2.24) is 20.4 Å². The van der Waals surface area contributed by atoms with Crippen LogP contribution in [0.5, 0.6) is 11.5 Å². The Morgan fingerprint density at radius 1 is 1.18 bits per heavy atom. The highest BCUT2D eigenvalue weighted by atomic mass is 16.5. The largest absolute Gasteiger partial charge is 0.493 e. The maximum Gasteiger partial charge on any atom is 0.324 e. The zero-order valence-corrected chi connectivity index (χ0v) is 19.4. The second-order valence-electron chi connectivity index (χ2n) is 8.21. The van der Waals surface area contributed by atoms with Gasteiger partial charge in [0.25, 0.3) is 0 Å². The smallest absolute Gasteiger partial charge is 0.324 e. The quantitative estimate of drug-likeness (QED) is 0.601. The molecule has 3 heterocycles. The van der Waals surface area contributed by atoms with Gasteiger partial charge in [0.05, 0.1) is 26.9 Å². The van der Waals surface area contributed by atoms with Crippen LogP contribution >= 0.6 is 0 Å². The molecule has 10 nitrogen and oxygen atoms in total. The Balaban J connectivity index is 1.27. The van der Waals surface area contributed by atoms with E-state index in [9.17, 15) is 4.79 Å². The third-order valence-electron chi connectivity index (χ3n) is 6.10. The van der Waals surface area contributed by atoms with Crippen LogP contribution in [0.4, 0.5) is 6.01 Å². The average molecular weight is 460 g/mol. The Labute approximate surface area is 194 Å². The molecule has 2 aliphatic rings. The van der Waals surface area contributed by atoms with Crippen molar-refractivity contribution in [2.45, 2.75) is 19.8 Å². The standard InChI is InChI=1S/C23H33N5O5/c1-3-32-19-5-4-18(16-20(19)30-2)21-25-23(33-26-21)28-9-6-17(7-10-28)22(29)24-8-11-27-12-14-31-15-13-27/h4-5,16-17H,3,6-15H2,1-2H3,(H,24,29). The highest BCUT2D eigenvalue weighted by Gasteiger charge is 2.27. The van der Waals surface area contributed by atoms with Crippen molar-refractivity contribution in [2.24, 2.45) is 5.92 Å². The molecule has 2 aliphatic heterocycles. The monoisotopic (exact) mass is 459 g/mol. The number of aromatic nitrogens is 2. The lowest BCUT2D eigenvalue weighted by molar-refractivity contribution is -0.125. The van der Waals surface area contributed by atoms with Crippen LogP contribution in [0.25, 0.3) is 11.4 Å². The van der Waals surface area contributed by atoms with Crippen LogP contribution in [0.3, 0.4) is 0 Å². The van der Waals surface area contributed by atoms with Crippen molar-refractivity contribution in [3.8, 4) is 22.9 Å². The molecule has 4 rings (SSSR count). The van der Waals surface area contributed by atoms with Crippen LogP contribution in [0, 0.1) is 5.92 Å². The minimum atomic E-state index is 0.0173. The number of hydrogen-bond donors (Lipinski definition) is 1. The van der Waals surface area contributed by atoms with Crippen LogP contribution in [-0.2, 0) is 9.53 Å². The molecule has 1 aromatic carbocycles. The number of hydrogen-bond acceptors (Lipinski definition) is 9. The molecule has 2 saturated heterocycles. The van der Waals surface area contributed by atoms with Gasteiger partial charge in [-0.05, 0) is 38.0 Å². The maximum absolute atomic E-state index is 12.6. The Kier molecular flexibility index (Phi) is 8.01. The number of carbonyl (C=O) groups is 1. The molecule has 0 spiro atoms. The molecule has 0 atom stereocenters. The van der Waals surface area contributed by atoms with Crippen LogP contribution in [0.2, 0.25) is 0 Å². The van der Waals surface area contributed by atoms with Gasteiger partial charge in [0, 0.05) is 50.7 Å². The van der Waals surface area contributed by atoms with Crippen LogP contribution < -0.4 is 19.7 Å². The topological polar surface area (TPSA) is 102 Å². The van der Waals surface area contributed by atoms with E-state index in [1.807, 2.05) is 30.0 Å². The lowest BCUT2D eigenvalue weighted by Crippen LogP contribution is -2.44. The van der Waals surface area contributed by atoms with E-state index in [4.69, 9.17) is 18.7 Å². The van der Waals surface area contributed by atoms with E-state index in [2.05, 4.69) is 20.4 Å². The predicted octanol–water partition coefficient (Wildman–Crippen LogP) is 1.81. The van der Waals surface area contributed by atoms with Gasteiger partial charge >= 0.3 is 6.01 Å². The van der Waals surface area contributed by atoms with E-state index < -0.39 is 0 Å². The number of amides is 1. The van der Waals surface area contributed by atoms with Gasteiger partial charge in [0.1, 0.15) is 0 Å². The van der Waals surface area contributed by atoms with E-state index >= 15 is 0 Å². The lowest BCUT2D eigenvalue weighted by Gasteiger charge is -2.30. The van der Waals surface area contributed by atoms with Crippen molar-refractivity contribution in [3.63, 3.8) is 0 Å². The molecule has 2 fully saturated rings. The van der Waals surface area contributed by atoms with Gasteiger partial charge in [-0.3, -0.25) is 9.69 Å². The van der Waals surface area contributed by atoms with Crippen LogP contribution in [0.15, 0.2) is 22.7 Å². The van der Waals surface area contributed by atoms with Crippen molar-refractivity contribution < 1.29 is 23.5 Å². The summed E-state index contributed by atoms with van der Waals surface area (Å²) in [7, 11) is 1.60. The summed E-state index contributed by atoms with van der Waals surface area (Å²) in [6.07, 6.45) is 1.52. The number of nitrogens with one attached hydrogen (secondary N) is 1. The zero-order chi connectivity index (χ0) is 23.0. The summed E-state index contributed by atoms with van der Waals surface area (Å²) >= 11 is 0. The summed E-state index contributed by atoms with van der Waals surface area (Å²) in [5.41, 5.74) is 0.792. The molecular weight excluding hydrogens is 426 g/mol. The Morgan fingerprint density at radius 3 is 2.70 bits per heavy atom. The minimum Gasteiger partial charge on any atom is -0.493 e. The van der Waals surface area contributed by atoms with E-state index in [0.717, 1.165) is 51.3 Å². The fourth-order valence-corrected chi connectivity index (χ4v) is 4.18. The molecule has 10 heteroatoms. The number of carbonyl (C=O) groups excluding carboxylic acids is 1. The second kappa shape index (κ2) is 11.3. The molecule has 33 heavy (non-hydrogen) atoms. The van der Waals surface area contributed by atoms with E-state index in [-0.39, 0.29) is 11.8 Å². The number of piperidine rings is 1. The molecule has 0 bridgehead atoms. The fraction of sp³-hybridized carbons (Fsp3) is 0.609. The van der Waals surface area contributed by atoms with E-state index in [1.54, 1.807) is 7.11 Å². The molecule has 180 valence electrons. The number of nitrogens with zero attached hydrogens (tertiary/aromatic N) is 4. The third-order valence-corrected chi connectivity index (χ3v) is 6.10. The highest BCUT2D eigenvalue weighted by molar-refractivity contribution is 5.78. The number of ether oxygens (including phenoxy) is 3. The van der Waals surface area contributed by atoms with E-state index in [0.29, 0.717) is 49.6 Å². The number of benzene rings is 1. The molecule has 0 radical (unpaired) electrons. The summed E-state index contributed by atoms with van der Waals surface area (Å²) in [6.45, 7) is 8.86. The Hall–Kier alpha value is -2.85. The van der Waals surface area contributed by atoms with Gasteiger partial charge in [-0.15, -0.1) is 0 Å². The zero-order valence-electron chi connectivity index (χ0n) is 19.4. The maximum atomic E-state index is 12.6. The highest BCUT2D eigenvalue weighted by Crippen LogP contribution is 2.32. The first kappa shape index (κ1) is 23.3. The van der Waals surface area contributed by atoms with Gasteiger partial charge in [0.2, 0.25) is 11.7 Å². The Morgan fingerprint density at radius 2 is 1.97 bits per heavy atom. The normalized spacial score (nSPS) is 17.7. The van der Waals surface area contributed by atoms with Crippen molar-refractivity contribution in [2.75, 3.05) is 71.1 Å². The number of anilines is 1. The van der Waals surface area contributed by atoms with Gasteiger partial charge < -0.3 is 29.0 Å². The molecule has 1 aromatic heterocycles. The number of morpholine rings is 1. The summed E-state index contributed by atoms with van der Waals surface area (Å²) in [4.78, 5) is 21.5. The molecule has 0 saturated carbocycles. The summed E-state index contributed by atoms with van der Waals surface area (Å²) in [6, 6.07) is 6.05. The van der Waals surface area contributed by atoms with Gasteiger partial charge in [0.15, 0.2) is 11.5 Å². The molecule has 0 unspecified atom stereocenters. The summed E-state index contributed by atoms with van der Waals surface area (Å²) < 4.78 is 21.9. The predicted molar refractivity (Wildman–Crippen MR) is 123 cm³/mol. The van der Waals surface area contributed by atoms with Crippen LogP contribution in [-0.4, -0.2) is 87.1 Å². The fourth-order valence-electron chi connectivity index (χ4n) is 4.18. The lowest BCUT2D eigenvalue weighted by atomic mass is 9.96. The molecular formula is C23H33N5O5. The van der Waals surface area contributed by atoms with Crippen LogP contribution in [0.1, 0.15) is 19.8 Å². The van der Waals surface area contributed by atoms with Gasteiger partial charge in [-0.1, -0.05) is 5.16 Å². The van der Waals surface area contributed by atoms with Crippen molar-refractivity contribution in [3.05, 3.63) is 18.2 Å².